The number of nitrogens with one attached hydrogen (secondary N) is 2. The Morgan fingerprint density at radius 3 is 2.67 bits per heavy atom. The Kier molecular flexibility index (Phi) is 6.48. The molecule has 24 heavy (non-hydrogen) atoms. The quantitative estimate of drug-likeness (QED) is 0.618. The van der Waals surface area contributed by atoms with Gasteiger partial charge in [-0.1, -0.05) is 12.1 Å². The smallest absolute Gasteiger partial charge is 0.387 e. The number of halogens is 2. The van der Waals surface area contributed by atoms with Gasteiger partial charge in [0.25, 0.3) is 0 Å². The number of thiazole rings is 1. The Morgan fingerprint density at radius 2 is 2.04 bits per heavy atom. The first-order chi connectivity index (χ1) is 11.5. The van der Waals surface area contributed by atoms with E-state index in [1.165, 1.54) is 10.9 Å². The summed E-state index contributed by atoms with van der Waals surface area (Å²) in [5, 5.41) is 7.30. The van der Waals surface area contributed by atoms with Crippen molar-refractivity contribution in [3.05, 3.63) is 45.4 Å². The lowest BCUT2D eigenvalue weighted by molar-refractivity contribution is -0.0498. The Balaban J connectivity index is 1.87. The lowest BCUT2D eigenvalue weighted by Crippen LogP contribution is -2.36. The van der Waals surface area contributed by atoms with Crippen LogP contribution >= 0.6 is 11.3 Å². The zero-order valence-corrected chi connectivity index (χ0v) is 14.6. The maximum absolute atomic E-state index is 12.2. The lowest BCUT2D eigenvalue weighted by Gasteiger charge is -2.12. The van der Waals surface area contributed by atoms with Crippen molar-refractivity contribution in [2.75, 3.05) is 7.05 Å². The molecule has 5 nitrogen and oxygen atoms in total. The number of alkyl halides is 2. The number of rotatable bonds is 6. The zero-order chi connectivity index (χ0) is 17.5. The molecule has 0 atom stereocenters. The van der Waals surface area contributed by atoms with Gasteiger partial charge < -0.3 is 15.4 Å². The van der Waals surface area contributed by atoms with E-state index >= 15 is 0 Å². The van der Waals surface area contributed by atoms with Crippen LogP contribution in [0.5, 0.6) is 5.75 Å². The predicted octanol–water partition coefficient (Wildman–Crippen LogP) is 3.23. The van der Waals surface area contributed by atoms with Crippen molar-refractivity contribution in [2.45, 2.75) is 33.5 Å². The molecule has 0 aliphatic carbocycles. The zero-order valence-electron chi connectivity index (χ0n) is 13.8. The second kappa shape index (κ2) is 8.58. The highest BCUT2D eigenvalue weighted by atomic mass is 32.1. The number of nitrogens with zero attached hydrogens (tertiary/aromatic N) is 2. The highest BCUT2D eigenvalue weighted by Gasteiger charge is 2.06. The second-order valence-electron chi connectivity index (χ2n) is 5.05. The summed E-state index contributed by atoms with van der Waals surface area (Å²) in [5.74, 6) is 0.752. The van der Waals surface area contributed by atoms with Crippen molar-refractivity contribution in [3.63, 3.8) is 0 Å². The molecule has 0 radical (unpaired) electrons. The fraction of sp³-hybridized carbons (Fsp3) is 0.375. The molecule has 1 aromatic heterocycles. The van der Waals surface area contributed by atoms with Gasteiger partial charge in [-0.05, 0) is 31.5 Å². The summed E-state index contributed by atoms with van der Waals surface area (Å²) in [6, 6.07) is 6.56. The van der Waals surface area contributed by atoms with E-state index in [0.717, 1.165) is 16.3 Å². The van der Waals surface area contributed by atoms with Crippen LogP contribution in [0.2, 0.25) is 0 Å². The molecule has 0 aliphatic rings. The molecule has 1 heterocycles. The van der Waals surface area contributed by atoms with Gasteiger partial charge in [0, 0.05) is 18.5 Å². The fourth-order valence-corrected chi connectivity index (χ4v) is 2.89. The van der Waals surface area contributed by atoms with E-state index in [-0.39, 0.29) is 5.75 Å². The molecule has 0 aliphatic heterocycles. The maximum atomic E-state index is 12.2. The van der Waals surface area contributed by atoms with Crippen molar-refractivity contribution < 1.29 is 13.5 Å². The molecular weight excluding hydrogens is 334 g/mol. The topological polar surface area (TPSA) is 58.5 Å². The molecule has 2 N–H and O–H groups in total. The third-order valence-electron chi connectivity index (χ3n) is 3.29. The number of ether oxygens (including phenoxy) is 1. The van der Waals surface area contributed by atoms with Crippen LogP contribution in [0.25, 0.3) is 0 Å². The van der Waals surface area contributed by atoms with Gasteiger partial charge in [-0.2, -0.15) is 8.78 Å². The van der Waals surface area contributed by atoms with E-state index in [4.69, 9.17) is 0 Å². The minimum atomic E-state index is -2.83. The van der Waals surface area contributed by atoms with E-state index in [1.54, 1.807) is 30.5 Å². The molecule has 0 spiro atoms. The van der Waals surface area contributed by atoms with E-state index in [1.807, 2.05) is 19.9 Å². The van der Waals surface area contributed by atoms with Crippen LogP contribution in [-0.4, -0.2) is 24.6 Å². The lowest BCUT2D eigenvalue weighted by atomic mass is 10.2. The normalized spacial score (nSPS) is 11.7. The molecular formula is C16H20F2N4OS. The Hall–Kier alpha value is -2.22. The summed E-state index contributed by atoms with van der Waals surface area (Å²) in [7, 11) is 1.67. The summed E-state index contributed by atoms with van der Waals surface area (Å²) in [4.78, 5) is 9.80. The molecule has 0 amide bonds. The molecule has 0 bridgehead atoms. The van der Waals surface area contributed by atoms with Crippen molar-refractivity contribution in [1.82, 2.24) is 15.6 Å². The van der Waals surface area contributed by atoms with E-state index in [9.17, 15) is 8.78 Å². The predicted molar refractivity (Wildman–Crippen MR) is 91.7 cm³/mol. The number of aliphatic imine (C=N–C) groups is 1. The summed E-state index contributed by atoms with van der Waals surface area (Å²) >= 11 is 1.64. The van der Waals surface area contributed by atoms with E-state index in [2.05, 4.69) is 25.3 Å². The first-order valence-electron chi connectivity index (χ1n) is 7.39. The molecule has 8 heteroatoms. The van der Waals surface area contributed by atoms with Crippen LogP contribution in [-0.2, 0) is 13.1 Å². The number of guanidine groups is 1. The average Bonchev–Trinajstić information content (AvgIpc) is 2.85. The van der Waals surface area contributed by atoms with Gasteiger partial charge >= 0.3 is 6.61 Å². The average molecular weight is 354 g/mol. The molecule has 2 aromatic rings. The van der Waals surface area contributed by atoms with Crippen LogP contribution in [0.1, 0.15) is 21.1 Å². The standard InChI is InChI=1S/C16H20F2N4OS/c1-10-11(2)24-14(22-10)9-21-16(19-3)20-8-12-5-4-6-13(7-12)23-15(17)18/h4-7,15H,8-9H2,1-3H3,(H2,19,20,21). The maximum Gasteiger partial charge on any atom is 0.387 e. The largest absolute Gasteiger partial charge is 0.435 e. The number of hydrogen-bond donors (Lipinski definition) is 2. The molecule has 2 rings (SSSR count). The number of hydrogen-bond acceptors (Lipinski definition) is 4. The van der Waals surface area contributed by atoms with Gasteiger partial charge in [0.1, 0.15) is 10.8 Å². The van der Waals surface area contributed by atoms with Gasteiger partial charge in [-0.25, -0.2) is 4.98 Å². The molecule has 130 valence electrons. The molecule has 0 fully saturated rings. The molecule has 1 aromatic carbocycles. The van der Waals surface area contributed by atoms with Crippen molar-refractivity contribution in [2.24, 2.45) is 4.99 Å². The summed E-state index contributed by atoms with van der Waals surface area (Å²) in [6.45, 7) is 2.21. The minimum Gasteiger partial charge on any atom is -0.435 e. The van der Waals surface area contributed by atoms with Gasteiger partial charge in [-0.3, -0.25) is 4.99 Å². The van der Waals surface area contributed by atoms with E-state index in [0.29, 0.717) is 19.0 Å². The third kappa shape index (κ3) is 5.45. The monoisotopic (exact) mass is 354 g/mol. The minimum absolute atomic E-state index is 0.140. The summed E-state index contributed by atoms with van der Waals surface area (Å²) < 4.78 is 28.9. The SMILES string of the molecule is CN=C(NCc1cccc(OC(F)F)c1)NCc1nc(C)c(C)s1. The first kappa shape index (κ1) is 18.1. The van der Waals surface area contributed by atoms with Gasteiger partial charge in [0.05, 0.1) is 12.2 Å². The highest BCUT2D eigenvalue weighted by molar-refractivity contribution is 7.11. The Morgan fingerprint density at radius 1 is 1.29 bits per heavy atom. The molecule has 0 unspecified atom stereocenters. The van der Waals surface area contributed by atoms with Crippen LogP contribution in [0.4, 0.5) is 8.78 Å². The summed E-state index contributed by atoms with van der Waals surface area (Å²) in [5.41, 5.74) is 1.85. The van der Waals surface area contributed by atoms with Crippen molar-refractivity contribution >= 4 is 17.3 Å². The van der Waals surface area contributed by atoms with Gasteiger partial charge in [-0.15, -0.1) is 11.3 Å². The first-order valence-corrected chi connectivity index (χ1v) is 8.20. The number of aryl methyl sites for hydroxylation is 2. The van der Waals surface area contributed by atoms with E-state index < -0.39 is 6.61 Å². The summed E-state index contributed by atoms with van der Waals surface area (Å²) in [6.07, 6.45) is 0. The van der Waals surface area contributed by atoms with Crippen LogP contribution in [0.15, 0.2) is 29.3 Å². The highest BCUT2D eigenvalue weighted by Crippen LogP contribution is 2.16. The Bertz CT molecular complexity index is 684. The van der Waals surface area contributed by atoms with Crippen LogP contribution in [0.3, 0.4) is 0 Å². The molecule has 0 saturated heterocycles. The third-order valence-corrected chi connectivity index (χ3v) is 4.36. The fourth-order valence-electron chi connectivity index (χ4n) is 2.01. The van der Waals surface area contributed by atoms with Gasteiger partial charge in [0.15, 0.2) is 5.96 Å². The van der Waals surface area contributed by atoms with Crippen LogP contribution < -0.4 is 15.4 Å². The molecule has 0 saturated carbocycles. The number of benzene rings is 1. The van der Waals surface area contributed by atoms with Crippen molar-refractivity contribution in [1.29, 1.82) is 0 Å². The second-order valence-corrected chi connectivity index (χ2v) is 6.34. The van der Waals surface area contributed by atoms with Gasteiger partial charge in [0.2, 0.25) is 0 Å². The Labute approximate surface area is 143 Å². The number of aromatic nitrogens is 1. The van der Waals surface area contributed by atoms with Crippen LogP contribution in [0, 0.1) is 13.8 Å². The van der Waals surface area contributed by atoms with Crippen molar-refractivity contribution in [3.8, 4) is 5.75 Å².